The molecular formula is C19H20F3N3O. The molecule has 4 rings (SSSR count). The summed E-state index contributed by atoms with van der Waals surface area (Å²) >= 11 is 0. The van der Waals surface area contributed by atoms with Crippen LogP contribution < -0.4 is 9.80 Å². The summed E-state index contributed by atoms with van der Waals surface area (Å²) in [5, 5.41) is 9.19. The number of hydrogen-bond donors (Lipinski definition) is 1. The molecule has 0 saturated carbocycles. The minimum Gasteiger partial charge on any atom is -0.396 e. The average Bonchev–Trinajstić information content (AvgIpc) is 3.06. The van der Waals surface area contributed by atoms with Crippen molar-refractivity contribution in [1.29, 1.82) is 0 Å². The van der Waals surface area contributed by atoms with Crippen LogP contribution in [-0.4, -0.2) is 42.4 Å². The molecule has 138 valence electrons. The second-order valence-electron chi connectivity index (χ2n) is 6.78. The summed E-state index contributed by atoms with van der Waals surface area (Å²) in [7, 11) is 0. The highest BCUT2D eigenvalue weighted by atomic mass is 19.4. The van der Waals surface area contributed by atoms with Crippen LogP contribution in [-0.2, 0) is 6.18 Å². The Morgan fingerprint density at radius 2 is 2.04 bits per heavy atom. The van der Waals surface area contributed by atoms with Gasteiger partial charge in [-0.2, -0.15) is 13.2 Å². The summed E-state index contributed by atoms with van der Waals surface area (Å²) in [6, 6.07) is 9.36. The lowest BCUT2D eigenvalue weighted by atomic mass is 10.1. The highest BCUT2D eigenvalue weighted by Crippen LogP contribution is 2.40. The molecule has 3 heterocycles. The molecule has 1 saturated heterocycles. The Morgan fingerprint density at radius 1 is 1.19 bits per heavy atom. The first-order chi connectivity index (χ1) is 12.5. The van der Waals surface area contributed by atoms with Gasteiger partial charge in [0.15, 0.2) is 5.82 Å². The van der Waals surface area contributed by atoms with Gasteiger partial charge in [0, 0.05) is 37.8 Å². The Hall–Kier alpha value is -2.28. The molecule has 26 heavy (non-hydrogen) atoms. The van der Waals surface area contributed by atoms with Gasteiger partial charge in [-0.3, -0.25) is 0 Å². The van der Waals surface area contributed by atoms with E-state index in [2.05, 4.69) is 9.80 Å². The molecule has 2 aliphatic rings. The number of pyridine rings is 1. The molecule has 7 heteroatoms. The smallest absolute Gasteiger partial charge is 0.396 e. The second kappa shape index (κ2) is 6.46. The monoisotopic (exact) mass is 363 g/mol. The zero-order valence-electron chi connectivity index (χ0n) is 14.2. The normalized spacial score (nSPS) is 19.0. The summed E-state index contributed by atoms with van der Waals surface area (Å²) in [6.07, 6.45) is -2.70. The third-order valence-electron chi connectivity index (χ3n) is 5.11. The van der Waals surface area contributed by atoms with E-state index in [1.54, 1.807) is 12.1 Å². The van der Waals surface area contributed by atoms with Crippen molar-refractivity contribution in [1.82, 2.24) is 4.98 Å². The predicted octanol–water partition coefficient (Wildman–Crippen LogP) is 3.55. The zero-order valence-corrected chi connectivity index (χ0v) is 14.2. The van der Waals surface area contributed by atoms with Gasteiger partial charge >= 0.3 is 6.18 Å². The van der Waals surface area contributed by atoms with Crippen molar-refractivity contribution in [2.45, 2.75) is 25.1 Å². The third-order valence-corrected chi connectivity index (χ3v) is 5.11. The molecule has 4 nitrogen and oxygen atoms in total. The Labute approximate surface area is 149 Å². The highest BCUT2D eigenvalue weighted by molar-refractivity contribution is 5.76. The molecule has 0 unspecified atom stereocenters. The molecular weight excluding hydrogens is 343 g/mol. The molecule has 1 atom stereocenters. The number of fused-ring (bicyclic) bond motifs is 4. The van der Waals surface area contributed by atoms with Crippen LogP contribution in [0, 0.1) is 0 Å². The van der Waals surface area contributed by atoms with Crippen LogP contribution in [0.5, 0.6) is 0 Å². The number of halogens is 3. The van der Waals surface area contributed by atoms with Crippen LogP contribution in [0.4, 0.5) is 24.7 Å². The van der Waals surface area contributed by atoms with E-state index in [0.717, 1.165) is 43.1 Å². The zero-order chi connectivity index (χ0) is 18.3. The van der Waals surface area contributed by atoms with Crippen molar-refractivity contribution >= 4 is 11.5 Å². The van der Waals surface area contributed by atoms with Crippen molar-refractivity contribution in [2.24, 2.45) is 0 Å². The van der Waals surface area contributed by atoms with E-state index < -0.39 is 11.7 Å². The first-order valence-corrected chi connectivity index (χ1v) is 8.78. The molecule has 0 aliphatic carbocycles. The number of nitrogens with zero attached hydrogens (tertiary/aromatic N) is 3. The fourth-order valence-electron chi connectivity index (χ4n) is 3.83. The fraction of sp³-hybridized carbons (Fsp3) is 0.421. The van der Waals surface area contributed by atoms with Gasteiger partial charge in [-0.1, -0.05) is 12.1 Å². The van der Waals surface area contributed by atoms with Crippen LogP contribution in [0.1, 0.15) is 18.4 Å². The first kappa shape index (κ1) is 17.1. The number of anilines is 2. The molecule has 0 spiro atoms. The van der Waals surface area contributed by atoms with Gasteiger partial charge in [0.1, 0.15) is 0 Å². The molecule has 1 N–H and O–H groups in total. The van der Waals surface area contributed by atoms with Gasteiger partial charge in [-0.05, 0) is 37.1 Å². The van der Waals surface area contributed by atoms with Crippen LogP contribution in [0.15, 0.2) is 36.4 Å². The van der Waals surface area contributed by atoms with Crippen molar-refractivity contribution < 1.29 is 18.3 Å². The van der Waals surface area contributed by atoms with Gasteiger partial charge in [0.05, 0.1) is 16.9 Å². The topological polar surface area (TPSA) is 39.6 Å². The minimum absolute atomic E-state index is 0.107. The Kier molecular flexibility index (Phi) is 4.26. The van der Waals surface area contributed by atoms with Crippen molar-refractivity contribution in [2.75, 3.05) is 36.0 Å². The van der Waals surface area contributed by atoms with E-state index in [4.69, 9.17) is 4.98 Å². The van der Waals surface area contributed by atoms with Crippen molar-refractivity contribution in [3.63, 3.8) is 0 Å². The summed E-state index contributed by atoms with van der Waals surface area (Å²) < 4.78 is 39.0. The molecule has 1 aromatic heterocycles. The molecule has 2 aromatic rings. The highest BCUT2D eigenvalue weighted by Gasteiger charge is 2.36. The SMILES string of the molecule is OCCCN1c2nc(-c3cccc(C(F)(F)F)c3)ccc2N2CC[C@H]1C2. The second-order valence-corrected chi connectivity index (χ2v) is 6.78. The minimum atomic E-state index is -4.37. The Bertz CT molecular complexity index is 809. The molecule has 1 aromatic carbocycles. The van der Waals surface area contributed by atoms with Crippen LogP contribution in [0.2, 0.25) is 0 Å². The number of aliphatic hydroxyl groups is 1. The van der Waals surface area contributed by atoms with E-state index in [1.807, 2.05) is 6.07 Å². The van der Waals surface area contributed by atoms with E-state index in [1.165, 1.54) is 6.07 Å². The van der Waals surface area contributed by atoms with E-state index in [-0.39, 0.29) is 6.61 Å². The predicted molar refractivity (Wildman–Crippen MR) is 94.3 cm³/mol. The van der Waals surface area contributed by atoms with Crippen LogP contribution in [0.3, 0.4) is 0 Å². The van der Waals surface area contributed by atoms with E-state index in [0.29, 0.717) is 30.3 Å². The fourth-order valence-corrected chi connectivity index (χ4v) is 3.83. The average molecular weight is 363 g/mol. The molecule has 1 fully saturated rings. The van der Waals surface area contributed by atoms with Gasteiger partial charge in [0.2, 0.25) is 0 Å². The standard InChI is InChI=1S/C19H20F3N3O/c20-19(21,22)14-4-1-3-13(11-14)16-5-6-17-18(23-16)25(8-2-10-26)15-7-9-24(17)12-15/h1,3-6,11,15,26H,2,7-10,12H2/t15-/m0/s1. The maximum Gasteiger partial charge on any atom is 0.416 e. The van der Waals surface area contributed by atoms with Crippen LogP contribution >= 0.6 is 0 Å². The Morgan fingerprint density at radius 3 is 2.81 bits per heavy atom. The lowest BCUT2D eigenvalue weighted by Crippen LogP contribution is -2.43. The summed E-state index contributed by atoms with van der Waals surface area (Å²) in [6.45, 7) is 2.69. The van der Waals surface area contributed by atoms with Crippen molar-refractivity contribution in [3.05, 3.63) is 42.0 Å². The number of benzene rings is 1. The van der Waals surface area contributed by atoms with Crippen molar-refractivity contribution in [3.8, 4) is 11.3 Å². The number of aromatic nitrogens is 1. The maximum atomic E-state index is 13.0. The number of hydrogen-bond acceptors (Lipinski definition) is 4. The maximum absolute atomic E-state index is 13.0. The van der Waals surface area contributed by atoms with Crippen LogP contribution in [0.25, 0.3) is 11.3 Å². The quantitative estimate of drug-likeness (QED) is 0.902. The largest absolute Gasteiger partial charge is 0.416 e. The van der Waals surface area contributed by atoms with E-state index >= 15 is 0 Å². The summed E-state index contributed by atoms with van der Waals surface area (Å²) in [5.74, 6) is 0.808. The molecule has 2 aliphatic heterocycles. The number of alkyl halides is 3. The van der Waals surface area contributed by atoms with Gasteiger partial charge in [-0.25, -0.2) is 4.98 Å². The molecule has 0 amide bonds. The van der Waals surface area contributed by atoms with E-state index in [9.17, 15) is 18.3 Å². The Balaban J connectivity index is 1.74. The molecule has 0 radical (unpaired) electrons. The number of rotatable bonds is 4. The van der Waals surface area contributed by atoms with Gasteiger partial charge < -0.3 is 14.9 Å². The molecule has 2 bridgehead atoms. The van der Waals surface area contributed by atoms with Gasteiger partial charge in [-0.15, -0.1) is 0 Å². The third kappa shape index (κ3) is 3.00. The summed E-state index contributed by atoms with van der Waals surface area (Å²) in [4.78, 5) is 9.19. The lowest BCUT2D eigenvalue weighted by molar-refractivity contribution is -0.137. The lowest BCUT2D eigenvalue weighted by Gasteiger charge is -2.37. The summed E-state index contributed by atoms with van der Waals surface area (Å²) in [5.41, 5.74) is 1.34. The number of aliphatic hydroxyl groups excluding tert-OH is 1. The van der Waals surface area contributed by atoms with Gasteiger partial charge in [0.25, 0.3) is 0 Å². The first-order valence-electron chi connectivity index (χ1n) is 8.78.